The fourth-order valence-corrected chi connectivity index (χ4v) is 1.68. The monoisotopic (exact) mass is 251 g/mol. The van der Waals surface area contributed by atoms with Gasteiger partial charge in [-0.05, 0) is 38.5 Å². The van der Waals surface area contributed by atoms with Crippen molar-refractivity contribution >= 4 is 11.7 Å². The molecular formula is C14H21NO3. The Morgan fingerprint density at radius 2 is 2.11 bits per heavy atom. The fraction of sp³-hybridized carbons (Fsp3) is 0.500. The molecule has 0 spiro atoms. The highest BCUT2D eigenvalue weighted by molar-refractivity contribution is 5.91. The highest BCUT2D eigenvalue weighted by Crippen LogP contribution is 2.23. The highest BCUT2D eigenvalue weighted by Gasteiger charge is 2.13. The minimum absolute atomic E-state index is 0.0738. The fourth-order valence-electron chi connectivity index (χ4n) is 1.68. The van der Waals surface area contributed by atoms with E-state index in [1.165, 1.54) is 0 Å². The van der Waals surface area contributed by atoms with E-state index in [1.54, 1.807) is 18.2 Å². The van der Waals surface area contributed by atoms with Gasteiger partial charge in [-0.15, -0.1) is 0 Å². The molecule has 0 bridgehead atoms. The summed E-state index contributed by atoms with van der Waals surface area (Å²) in [6.45, 7) is 6.37. The van der Waals surface area contributed by atoms with Crippen LogP contribution in [0.3, 0.4) is 0 Å². The molecule has 4 heteroatoms. The van der Waals surface area contributed by atoms with Crippen LogP contribution in [0.4, 0.5) is 5.69 Å². The predicted octanol–water partition coefficient (Wildman–Crippen LogP) is 3.01. The number of hydrogen-bond acceptors (Lipinski definition) is 4. The molecule has 0 aliphatic heterocycles. The number of carbonyl (C=O) groups excluding carboxylic acids is 1. The number of nitrogens with two attached hydrogens (primary N) is 1. The van der Waals surface area contributed by atoms with Gasteiger partial charge in [0.25, 0.3) is 0 Å². The lowest BCUT2D eigenvalue weighted by atomic mass is 10.2. The van der Waals surface area contributed by atoms with Crippen molar-refractivity contribution in [2.45, 2.75) is 39.7 Å². The van der Waals surface area contributed by atoms with Crippen molar-refractivity contribution in [3.8, 4) is 5.75 Å². The van der Waals surface area contributed by atoms with Gasteiger partial charge in [0.05, 0.1) is 24.0 Å². The Balaban J connectivity index is 2.72. The van der Waals surface area contributed by atoms with E-state index in [2.05, 4.69) is 6.92 Å². The number of carbonyl (C=O) groups is 1. The van der Waals surface area contributed by atoms with E-state index in [9.17, 15) is 4.79 Å². The van der Waals surface area contributed by atoms with Crippen LogP contribution in [0.1, 0.15) is 44.0 Å². The second-order valence-electron chi connectivity index (χ2n) is 4.19. The van der Waals surface area contributed by atoms with Gasteiger partial charge in [0.1, 0.15) is 5.75 Å². The summed E-state index contributed by atoms with van der Waals surface area (Å²) in [5.74, 6) is 0.251. The molecule has 0 aliphatic rings. The van der Waals surface area contributed by atoms with E-state index in [-0.39, 0.29) is 12.1 Å². The molecule has 0 fully saturated rings. The summed E-state index contributed by atoms with van der Waals surface area (Å²) >= 11 is 0. The second-order valence-corrected chi connectivity index (χ2v) is 4.19. The molecule has 4 nitrogen and oxygen atoms in total. The van der Waals surface area contributed by atoms with Crippen LogP contribution in [0, 0.1) is 0 Å². The van der Waals surface area contributed by atoms with Crippen LogP contribution in [0.15, 0.2) is 18.2 Å². The van der Waals surface area contributed by atoms with Crippen LogP contribution < -0.4 is 10.5 Å². The topological polar surface area (TPSA) is 61.5 Å². The molecule has 100 valence electrons. The average molecular weight is 251 g/mol. The predicted molar refractivity (Wildman–Crippen MR) is 71.8 cm³/mol. The summed E-state index contributed by atoms with van der Waals surface area (Å²) in [5, 5.41) is 0. The summed E-state index contributed by atoms with van der Waals surface area (Å²) in [6, 6.07) is 4.95. The SMILES string of the molecule is CCCC(C)OC(=O)c1ccc(OCC)c(N)c1. The Bertz CT molecular complexity index is 404. The number of rotatable bonds is 6. The lowest BCUT2D eigenvalue weighted by Crippen LogP contribution is -2.15. The molecular weight excluding hydrogens is 230 g/mol. The van der Waals surface area contributed by atoms with Crippen LogP contribution in [0.5, 0.6) is 5.75 Å². The first-order chi connectivity index (χ1) is 8.58. The summed E-state index contributed by atoms with van der Waals surface area (Å²) in [4.78, 5) is 11.8. The first kappa shape index (κ1) is 14.4. The van der Waals surface area contributed by atoms with Crippen molar-refractivity contribution in [2.24, 2.45) is 0 Å². The summed E-state index contributed by atoms with van der Waals surface area (Å²) in [6.07, 6.45) is 1.77. The maximum Gasteiger partial charge on any atom is 0.338 e. The molecule has 0 saturated heterocycles. The number of nitrogen functional groups attached to an aromatic ring is 1. The van der Waals surface area contributed by atoms with Crippen molar-refractivity contribution in [3.63, 3.8) is 0 Å². The molecule has 1 aromatic carbocycles. The Labute approximate surface area is 108 Å². The first-order valence-electron chi connectivity index (χ1n) is 6.31. The molecule has 0 aromatic heterocycles. The largest absolute Gasteiger partial charge is 0.492 e. The van der Waals surface area contributed by atoms with E-state index in [0.717, 1.165) is 12.8 Å². The van der Waals surface area contributed by atoms with E-state index in [4.69, 9.17) is 15.2 Å². The minimum Gasteiger partial charge on any atom is -0.492 e. The Hall–Kier alpha value is -1.71. The van der Waals surface area contributed by atoms with E-state index in [0.29, 0.717) is 23.6 Å². The minimum atomic E-state index is -0.342. The number of hydrogen-bond donors (Lipinski definition) is 1. The van der Waals surface area contributed by atoms with Gasteiger partial charge in [0.2, 0.25) is 0 Å². The van der Waals surface area contributed by atoms with Gasteiger partial charge in [-0.1, -0.05) is 13.3 Å². The molecule has 0 saturated carbocycles. The van der Waals surface area contributed by atoms with Gasteiger partial charge in [-0.25, -0.2) is 4.79 Å². The molecule has 0 amide bonds. The van der Waals surface area contributed by atoms with Gasteiger partial charge in [-0.3, -0.25) is 0 Å². The maximum absolute atomic E-state index is 11.8. The number of esters is 1. The molecule has 1 aromatic rings. The van der Waals surface area contributed by atoms with Gasteiger partial charge in [0, 0.05) is 0 Å². The Morgan fingerprint density at radius 1 is 1.39 bits per heavy atom. The Morgan fingerprint density at radius 3 is 2.67 bits per heavy atom. The van der Waals surface area contributed by atoms with E-state index < -0.39 is 0 Å². The molecule has 0 aliphatic carbocycles. The maximum atomic E-state index is 11.8. The molecule has 0 heterocycles. The van der Waals surface area contributed by atoms with Crippen LogP contribution in [-0.4, -0.2) is 18.7 Å². The third kappa shape index (κ3) is 3.95. The third-order valence-corrected chi connectivity index (χ3v) is 2.55. The Kier molecular flexibility index (Phi) is 5.49. The van der Waals surface area contributed by atoms with Gasteiger partial charge in [-0.2, -0.15) is 0 Å². The normalized spacial score (nSPS) is 11.9. The van der Waals surface area contributed by atoms with Gasteiger partial charge < -0.3 is 15.2 Å². The number of anilines is 1. The summed E-state index contributed by atoms with van der Waals surface area (Å²) in [5.41, 5.74) is 6.71. The third-order valence-electron chi connectivity index (χ3n) is 2.55. The van der Waals surface area contributed by atoms with Gasteiger partial charge in [0.15, 0.2) is 0 Å². The smallest absolute Gasteiger partial charge is 0.338 e. The number of ether oxygens (including phenoxy) is 2. The zero-order chi connectivity index (χ0) is 13.5. The summed E-state index contributed by atoms with van der Waals surface area (Å²) in [7, 11) is 0. The van der Waals surface area contributed by atoms with E-state index in [1.807, 2.05) is 13.8 Å². The summed E-state index contributed by atoms with van der Waals surface area (Å²) < 4.78 is 10.6. The zero-order valence-corrected chi connectivity index (χ0v) is 11.2. The first-order valence-corrected chi connectivity index (χ1v) is 6.31. The molecule has 18 heavy (non-hydrogen) atoms. The zero-order valence-electron chi connectivity index (χ0n) is 11.2. The van der Waals surface area contributed by atoms with Crippen molar-refractivity contribution in [1.82, 2.24) is 0 Å². The average Bonchev–Trinajstić information content (AvgIpc) is 2.32. The van der Waals surface area contributed by atoms with Crippen LogP contribution in [0.25, 0.3) is 0 Å². The van der Waals surface area contributed by atoms with Crippen LogP contribution in [0.2, 0.25) is 0 Å². The molecule has 0 radical (unpaired) electrons. The second kappa shape index (κ2) is 6.89. The molecule has 1 atom stereocenters. The standard InChI is InChI=1S/C14H21NO3/c1-4-6-10(3)18-14(16)11-7-8-13(17-5-2)12(15)9-11/h7-10H,4-6,15H2,1-3H3. The van der Waals surface area contributed by atoms with Crippen LogP contribution >= 0.6 is 0 Å². The van der Waals surface area contributed by atoms with Crippen molar-refractivity contribution in [2.75, 3.05) is 12.3 Å². The van der Waals surface area contributed by atoms with Gasteiger partial charge >= 0.3 is 5.97 Å². The quantitative estimate of drug-likeness (QED) is 0.623. The van der Waals surface area contributed by atoms with Crippen molar-refractivity contribution in [3.05, 3.63) is 23.8 Å². The lowest BCUT2D eigenvalue weighted by Gasteiger charge is -2.13. The highest BCUT2D eigenvalue weighted by atomic mass is 16.5. The molecule has 1 rings (SSSR count). The van der Waals surface area contributed by atoms with Crippen LogP contribution in [-0.2, 0) is 4.74 Å². The molecule has 2 N–H and O–H groups in total. The van der Waals surface area contributed by atoms with Crippen molar-refractivity contribution < 1.29 is 14.3 Å². The molecule has 1 unspecified atom stereocenters. The van der Waals surface area contributed by atoms with Crippen molar-refractivity contribution in [1.29, 1.82) is 0 Å². The lowest BCUT2D eigenvalue weighted by molar-refractivity contribution is 0.0323. The van der Waals surface area contributed by atoms with E-state index >= 15 is 0 Å². The number of benzene rings is 1.